The first kappa shape index (κ1) is 18.2. The van der Waals surface area contributed by atoms with E-state index in [4.69, 9.17) is 21.1 Å². The smallest absolute Gasteiger partial charge is 0.341 e. The van der Waals surface area contributed by atoms with Gasteiger partial charge in [0.1, 0.15) is 10.9 Å². The molecule has 6 nitrogen and oxygen atoms in total. The van der Waals surface area contributed by atoms with Crippen molar-refractivity contribution in [1.82, 2.24) is 10.3 Å². The van der Waals surface area contributed by atoms with Crippen molar-refractivity contribution in [2.45, 2.75) is 18.9 Å². The lowest BCUT2D eigenvalue weighted by atomic mass is 10.0. The van der Waals surface area contributed by atoms with Crippen LogP contribution in [0.3, 0.4) is 0 Å². The van der Waals surface area contributed by atoms with Crippen LogP contribution < -0.4 is 10.1 Å². The lowest BCUT2D eigenvalue weighted by Crippen LogP contribution is -2.33. The average molecular weight is 375 g/mol. The maximum atomic E-state index is 12.2. The van der Waals surface area contributed by atoms with E-state index >= 15 is 0 Å². The van der Waals surface area contributed by atoms with Crippen molar-refractivity contribution in [2.24, 2.45) is 5.92 Å². The van der Waals surface area contributed by atoms with Gasteiger partial charge in [-0.15, -0.1) is 0 Å². The SMILES string of the molecule is COc1ccc(C(NC(=O)COC(=O)c2cccnc2Cl)C2CC2)cc1. The minimum absolute atomic E-state index is 0.0481. The Labute approximate surface area is 156 Å². The van der Waals surface area contributed by atoms with E-state index in [9.17, 15) is 9.59 Å². The lowest BCUT2D eigenvalue weighted by molar-refractivity contribution is -0.125. The predicted octanol–water partition coefficient (Wildman–Crippen LogP) is 3.17. The zero-order valence-corrected chi connectivity index (χ0v) is 15.0. The van der Waals surface area contributed by atoms with E-state index in [0.717, 1.165) is 24.2 Å². The molecule has 1 aliphatic rings. The summed E-state index contributed by atoms with van der Waals surface area (Å²) in [6.45, 7) is -0.372. The third kappa shape index (κ3) is 4.52. The van der Waals surface area contributed by atoms with Crippen molar-refractivity contribution in [3.8, 4) is 5.75 Å². The van der Waals surface area contributed by atoms with Gasteiger partial charge in [0, 0.05) is 6.20 Å². The molecule has 0 spiro atoms. The molecule has 0 aliphatic heterocycles. The molecule has 136 valence electrons. The molecule has 3 rings (SSSR count). The van der Waals surface area contributed by atoms with Crippen LogP contribution in [0.25, 0.3) is 0 Å². The molecule has 1 fully saturated rings. The van der Waals surface area contributed by atoms with Crippen LogP contribution in [0.2, 0.25) is 5.15 Å². The number of carbonyl (C=O) groups is 2. The Bertz CT molecular complexity index is 790. The molecule has 1 N–H and O–H groups in total. The standard InChI is InChI=1S/C19H19ClN2O4/c1-25-14-8-6-13(7-9-14)17(12-4-5-12)22-16(23)11-26-19(24)15-3-2-10-21-18(15)20/h2-3,6-10,12,17H,4-5,11H2,1H3,(H,22,23). The highest BCUT2D eigenvalue weighted by Gasteiger charge is 2.33. The molecule has 1 unspecified atom stereocenters. The van der Waals surface area contributed by atoms with E-state index in [1.807, 2.05) is 24.3 Å². The fraction of sp³-hybridized carbons (Fsp3) is 0.316. The number of carbonyl (C=O) groups excluding carboxylic acids is 2. The first-order valence-corrected chi connectivity index (χ1v) is 8.67. The van der Waals surface area contributed by atoms with E-state index in [1.165, 1.54) is 12.3 Å². The lowest BCUT2D eigenvalue weighted by Gasteiger charge is -2.19. The molecule has 1 amide bonds. The number of halogens is 1. The maximum absolute atomic E-state index is 12.2. The molecule has 1 aromatic heterocycles. The summed E-state index contributed by atoms with van der Waals surface area (Å²) in [6.07, 6.45) is 3.59. The van der Waals surface area contributed by atoms with Crippen molar-refractivity contribution >= 4 is 23.5 Å². The van der Waals surface area contributed by atoms with Gasteiger partial charge in [-0.05, 0) is 48.6 Å². The van der Waals surface area contributed by atoms with Gasteiger partial charge in [-0.1, -0.05) is 23.7 Å². The van der Waals surface area contributed by atoms with Crippen LogP contribution >= 0.6 is 11.6 Å². The van der Waals surface area contributed by atoms with Crippen molar-refractivity contribution in [1.29, 1.82) is 0 Å². The third-order valence-corrected chi connectivity index (χ3v) is 4.50. The summed E-state index contributed by atoms with van der Waals surface area (Å²) in [4.78, 5) is 28.1. The summed E-state index contributed by atoms with van der Waals surface area (Å²) in [7, 11) is 1.61. The highest BCUT2D eigenvalue weighted by molar-refractivity contribution is 6.32. The number of hydrogen-bond acceptors (Lipinski definition) is 5. The molecule has 2 aromatic rings. The van der Waals surface area contributed by atoms with Gasteiger partial charge in [0.25, 0.3) is 5.91 Å². The van der Waals surface area contributed by atoms with Gasteiger partial charge < -0.3 is 14.8 Å². The molecule has 1 atom stereocenters. The Morgan fingerprint density at radius 1 is 1.27 bits per heavy atom. The number of methoxy groups -OCH3 is 1. The molecule has 0 bridgehead atoms. The number of ether oxygens (including phenoxy) is 2. The topological polar surface area (TPSA) is 77.5 Å². The van der Waals surface area contributed by atoms with E-state index in [1.54, 1.807) is 13.2 Å². The molecule has 1 aromatic carbocycles. The first-order chi connectivity index (χ1) is 12.6. The van der Waals surface area contributed by atoms with Gasteiger partial charge in [-0.2, -0.15) is 0 Å². The Kier molecular flexibility index (Phi) is 5.73. The third-order valence-electron chi connectivity index (χ3n) is 4.20. The van der Waals surface area contributed by atoms with Crippen LogP contribution in [-0.2, 0) is 9.53 Å². The van der Waals surface area contributed by atoms with Crippen LogP contribution in [0.1, 0.15) is 34.8 Å². The summed E-state index contributed by atoms with van der Waals surface area (Å²) < 4.78 is 10.2. The summed E-state index contributed by atoms with van der Waals surface area (Å²) in [6, 6.07) is 10.6. The highest BCUT2D eigenvalue weighted by Crippen LogP contribution is 2.41. The Hall–Kier alpha value is -2.60. The summed E-state index contributed by atoms with van der Waals surface area (Å²) in [5.41, 5.74) is 1.14. The number of hydrogen-bond donors (Lipinski definition) is 1. The molecule has 1 aliphatic carbocycles. The number of rotatable bonds is 7. The number of pyridine rings is 1. The van der Waals surface area contributed by atoms with Gasteiger partial charge in [0.15, 0.2) is 6.61 Å². The Balaban J connectivity index is 1.58. The number of aromatic nitrogens is 1. The molecular weight excluding hydrogens is 356 g/mol. The van der Waals surface area contributed by atoms with E-state index in [2.05, 4.69) is 10.3 Å². The molecule has 7 heteroatoms. The zero-order chi connectivity index (χ0) is 18.5. The second-order valence-corrected chi connectivity index (χ2v) is 6.43. The minimum Gasteiger partial charge on any atom is -0.497 e. The van der Waals surface area contributed by atoms with E-state index < -0.39 is 5.97 Å². The normalized spacial score (nSPS) is 14.4. The quantitative estimate of drug-likeness (QED) is 0.595. The molecular formula is C19H19ClN2O4. The van der Waals surface area contributed by atoms with Crippen LogP contribution in [0.4, 0.5) is 0 Å². The monoisotopic (exact) mass is 374 g/mol. The number of amides is 1. The van der Waals surface area contributed by atoms with Crippen molar-refractivity contribution in [3.05, 3.63) is 58.9 Å². The second-order valence-electron chi connectivity index (χ2n) is 6.07. The van der Waals surface area contributed by atoms with Crippen LogP contribution in [0, 0.1) is 5.92 Å². The maximum Gasteiger partial charge on any atom is 0.341 e. The zero-order valence-electron chi connectivity index (χ0n) is 14.3. The fourth-order valence-electron chi connectivity index (χ4n) is 2.68. The van der Waals surface area contributed by atoms with Gasteiger partial charge in [-0.3, -0.25) is 4.79 Å². The van der Waals surface area contributed by atoms with Crippen LogP contribution in [0.5, 0.6) is 5.75 Å². The van der Waals surface area contributed by atoms with Crippen LogP contribution in [0.15, 0.2) is 42.6 Å². The van der Waals surface area contributed by atoms with Gasteiger partial charge in [-0.25, -0.2) is 9.78 Å². The fourth-order valence-corrected chi connectivity index (χ4v) is 2.87. The Morgan fingerprint density at radius 2 is 2.00 bits per heavy atom. The van der Waals surface area contributed by atoms with E-state index in [0.29, 0.717) is 5.92 Å². The van der Waals surface area contributed by atoms with Crippen molar-refractivity contribution in [3.63, 3.8) is 0 Å². The minimum atomic E-state index is -0.675. The summed E-state index contributed by atoms with van der Waals surface area (Å²) >= 11 is 5.85. The number of esters is 1. The second kappa shape index (κ2) is 8.19. The average Bonchev–Trinajstić information content (AvgIpc) is 3.50. The predicted molar refractivity (Wildman–Crippen MR) is 96.1 cm³/mol. The number of nitrogens with zero attached hydrogens (tertiary/aromatic N) is 1. The van der Waals surface area contributed by atoms with Crippen LogP contribution in [-0.4, -0.2) is 30.6 Å². The first-order valence-electron chi connectivity index (χ1n) is 8.29. The Morgan fingerprint density at radius 3 is 2.62 bits per heavy atom. The van der Waals surface area contributed by atoms with Gasteiger partial charge >= 0.3 is 5.97 Å². The van der Waals surface area contributed by atoms with Crippen molar-refractivity contribution in [2.75, 3.05) is 13.7 Å². The largest absolute Gasteiger partial charge is 0.497 e. The van der Waals surface area contributed by atoms with E-state index in [-0.39, 0.29) is 29.3 Å². The van der Waals surface area contributed by atoms with Crippen molar-refractivity contribution < 1.29 is 19.1 Å². The molecule has 1 heterocycles. The molecule has 0 saturated heterocycles. The highest BCUT2D eigenvalue weighted by atomic mass is 35.5. The number of nitrogens with one attached hydrogen (secondary N) is 1. The van der Waals surface area contributed by atoms with Gasteiger partial charge in [0.2, 0.25) is 0 Å². The number of benzene rings is 1. The summed E-state index contributed by atoms with van der Waals surface area (Å²) in [5, 5.41) is 3.00. The molecule has 0 radical (unpaired) electrons. The van der Waals surface area contributed by atoms with Gasteiger partial charge in [0.05, 0.1) is 18.7 Å². The summed E-state index contributed by atoms with van der Waals surface area (Å²) in [5.74, 6) is 0.129. The molecule has 1 saturated carbocycles. The molecule has 26 heavy (non-hydrogen) atoms.